The van der Waals surface area contributed by atoms with Gasteiger partial charge >= 0.3 is 0 Å². The summed E-state index contributed by atoms with van der Waals surface area (Å²) in [5.41, 5.74) is 1.03. The lowest BCUT2D eigenvalue weighted by atomic mass is 10.1. The molecule has 0 bridgehead atoms. The molecule has 0 saturated heterocycles. The van der Waals surface area contributed by atoms with Crippen LogP contribution in [0.5, 0.6) is 0 Å². The minimum absolute atomic E-state index is 0.0270. The van der Waals surface area contributed by atoms with Crippen LogP contribution in [0.2, 0.25) is 0 Å². The lowest BCUT2D eigenvalue weighted by Gasteiger charge is -2.26. The van der Waals surface area contributed by atoms with Gasteiger partial charge in [-0.15, -0.1) is 0 Å². The molecular formula is C13H18N6O. The summed E-state index contributed by atoms with van der Waals surface area (Å²) in [6.45, 7) is 4.59. The predicted octanol–water partition coefficient (Wildman–Crippen LogP) is 0.475. The van der Waals surface area contributed by atoms with Crippen molar-refractivity contribution in [2.45, 2.75) is 45.3 Å². The molecule has 1 amide bonds. The van der Waals surface area contributed by atoms with Gasteiger partial charge in [0.2, 0.25) is 5.91 Å². The SMILES string of the molecule is Cc1cn2c(n1)CC[C@H](NC(=O)[C@H](C)n1cncn1)C2. The van der Waals surface area contributed by atoms with Gasteiger partial charge in [0, 0.05) is 25.2 Å². The third kappa shape index (κ3) is 2.43. The lowest BCUT2D eigenvalue weighted by Crippen LogP contribution is -2.43. The summed E-state index contributed by atoms with van der Waals surface area (Å²) >= 11 is 0. The summed E-state index contributed by atoms with van der Waals surface area (Å²) in [4.78, 5) is 20.5. The van der Waals surface area contributed by atoms with Crippen molar-refractivity contribution in [1.82, 2.24) is 29.6 Å². The van der Waals surface area contributed by atoms with Gasteiger partial charge in [-0.1, -0.05) is 0 Å². The van der Waals surface area contributed by atoms with Crippen LogP contribution in [0.3, 0.4) is 0 Å². The molecule has 20 heavy (non-hydrogen) atoms. The van der Waals surface area contributed by atoms with E-state index in [1.54, 1.807) is 11.0 Å². The highest BCUT2D eigenvalue weighted by atomic mass is 16.2. The van der Waals surface area contributed by atoms with Gasteiger partial charge in [0.15, 0.2) is 0 Å². The molecule has 0 aromatic carbocycles. The fourth-order valence-corrected chi connectivity index (χ4v) is 2.56. The number of nitrogens with zero attached hydrogens (tertiary/aromatic N) is 5. The molecule has 2 aromatic heterocycles. The Morgan fingerprint density at radius 1 is 1.55 bits per heavy atom. The first kappa shape index (κ1) is 12.8. The molecule has 1 aliphatic heterocycles. The lowest BCUT2D eigenvalue weighted by molar-refractivity contribution is -0.125. The van der Waals surface area contributed by atoms with Crippen molar-refractivity contribution >= 4 is 5.91 Å². The van der Waals surface area contributed by atoms with Gasteiger partial charge in [0.1, 0.15) is 24.5 Å². The number of amides is 1. The Labute approximate surface area is 117 Å². The predicted molar refractivity (Wildman–Crippen MR) is 71.9 cm³/mol. The molecule has 1 aliphatic rings. The molecule has 2 aromatic rings. The first-order valence-electron chi connectivity index (χ1n) is 6.80. The fraction of sp³-hybridized carbons (Fsp3) is 0.538. The monoisotopic (exact) mass is 274 g/mol. The third-order valence-corrected chi connectivity index (χ3v) is 3.67. The van der Waals surface area contributed by atoms with Crippen molar-refractivity contribution in [2.24, 2.45) is 0 Å². The Morgan fingerprint density at radius 3 is 3.15 bits per heavy atom. The van der Waals surface area contributed by atoms with Gasteiger partial charge in [-0.25, -0.2) is 14.6 Å². The Kier molecular flexibility index (Phi) is 3.25. The van der Waals surface area contributed by atoms with Crippen molar-refractivity contribution < 1.29 is 4.79 Å². The molecule has 3 heterocycles. The van der Waals surface area contributed by atoms with Crippen LogP contribution in [-0.4, -0.2) is 36.3 Å². The van der Waals surface area contributed by atoms with E-state index in [2.05, 4.69) is 25.0 Å². The Bertz CT molecular complexity index is 602. The summed E-state index contributed by atoms with van der Waals surface area (Å²) in [7, 11) is 0. The van der Waals surface area contributed by atoms with E-state index in [4.69, 9.17) is 0 Å². The van der Waals surface area contributed by atoms with Crippen LogP contribution < -0.4 is 5.32 Å². The highest BCUT2D eigenvalue weighted by Gasteiger charge is 2.24. The van der Waals surface area contributed by atoms with Gasteiger partial charge in [-0.2, -0.15) is 5.10 Å². The minimum atomic E-state index is -0.344. The number of imidazole rings is 1. The molecule has 0 spiro atoms. The largest absolute Gasteiger partial charge is 0.350 e. The van der Waals surface area contributed by atoms with Gasteiger partial charge in [0.05, 0.1) is 5.69 Å². The second kappa shape index (κ2) is 5.07. The Morgan fingerprint density at radius 2 is 2.40 bits per heavy atom. The molecule has 106 valence electrons. The van der Waals surface area contributed by atoms with E-state index in [0.717, 1.165) is 30.9 Å². The van der Waals surface area contributed by atoms with E-state index in [0.29, 0.717) is 0 Å². The standard InChI is InChI=1S/C13H18N6O/c1-9-5-18-6-11(3-4-12(18)16-9)17-13(20)10(2)19-8-14-7-15-19/h5,7-8,10-11H,3-4,6H2,1-2H3,(H,17,20)/t10-,11-/m0/s1. The zero-order chi connectivity index (χ0) is 14.1. The minimum Gasteiger partial charge on any atom is -0.350 e. The highest BCUT2D eigenvalue weighted by Crippen LogP contribution is 2.15. The van der Waals surface area contributed by atoms with Gasteiger partial charge < -0.3 is 9.88 Å². The number of carbonyl (C=O) groups is 1. The zero-order valence-corrected chi connectivity index (χ0v) is 11.7. The number of carbonyl (C=O) groups excluding carboxylic acids is 1. The summed E-state index contributed by atoms with van der Waals surface area (Å²) in [5, 5.41) is 7.08. The van der Waals surface area contributed by atoms with Crippen LogP contribution in [0, 0.1) is 6.92 Å². The molecular weight excluding hydrogens is 256 g/mol. The molecule has 0 aliphatic carbocycles. The number of rotatable bonds is 3. The average Bonchev–Trinajstić information content (AvgIpc) is 3.05. The quantitative estimate of drug-likeness (QED) is 0.883. The molecule has 2 atom stereocenters. The van der Waals surface area contributed by atoms with Gasteiger partial charge in [0.25, 0.3) is 0 Å². The van der Waals surface area contributed by atoms with Crippen LogP contribution in [0.25, 0.3) is 0 Å². The first-order valence-corrected chi connectivity index (χ1v) is 6.80. The van der Waals surface area contributed by atoms with Crippen LogP contribution in [0.4, 0.5) is 0 Å². The van der Waals surface area contributed by atoms with E-state index >= 15 is 0 Å². The number of aromatic nitrogens is 5. The summed E-state index contributed by atoms with van der Waals surface area (Å²) in [6, 6.07) is -0.196. The first-order chi connectivity index (χ1) is 9.63. The number of aryl methyl sites for hydroxylation is 2. The topological polar surface area (TPSA) is 77.6 Å². The van der Waals surface area contributed by atoms with E-state index in [9.17, 15) is 4.79 Å². The van der Waals surface area contributed by atoms with Crippen LogP contribution in [-0.2, 0) is 17.8 Å². The maximum atomic E-state index is 12.2. The molecule has 7 nitrogen and oxygen atoms in total. The van der Waals surface area contributed by atoms with Crippen molar-refractivity contribution in [2.75, 3.05) is 0 Å². The maximum Gasteiger partial charge on any atom is 0.244 e. The van der Waals surface area contributed by atoms with Crippen LogP contribution >= 0.6 is 0 Å². The molecule has 0 radical (unpaired) electrons. The third-order valence-electron chi connectivity index (χ3n) is 3.67. The van der Waals surface area contributed by atoms with Gasteiger partial charge in [-0.05, 0) is 20.3 Å². The smallest absolute Gasteiger partial charge is 0.244 e. The summed E-state index contributed by atoms with van der Waals surface area (Å²) in [6.07, 6.45) is 6.85. The van der Waals surface area contributed by atoms with Crippen LogP contribution in [0.1, 0.15) is 30.9 Å². The zero-order valence-electron chi connectivity index (χ0n) is 11.7. The average molecular weight is 274 g/mol. The summed E-state index contributed by atoms with van der Waals surface area (Å²) < 4.78 is 3.69. The number of hydrogen-bond acceptors (Lipinski definition) is 4. The molecule has 0 saturated carbocycles. The molecule has 0 unspecified atom stereocenters. The molecule has 1 N–H and O–H groups in total. The second-order valence-electron chi connectivity index (χ2n) is 5.25. The van der Waals surface area contributed by atoms with E-state index < -0.39 is 0 Å². The van der Waals surface area contributed by atoms with Crippen LogP contribution in [0.15, 0.2) is 18.9 Å². The number of hydrogen-bond donors (Lipinski definition) is 1. The van der Waals surface area contributed by atoms with Crippen molar-refractivity contribution in [3.63, 3.8) is 0 Å². The van der Waals surface area contributed by atoms with E-state index in [1.807, 2.05) is 20.0 Å². The number of nitrogens with one attached hydrogen (secondary N) is 1. The molecule has 3 rings (SSSR count). The normalized spacial score (nSPS) is 19.4. The van der Waals surface area contributed by atoms with Crippen molar-refractivity contribution in [1.29, 1.82) is 0 Å². The molecule has 7 heteroatoms. The second-order valence-corrected chi connectivity index (χ2v) is 5.25. The van der Waals surface area contributed by atoms with Gasteiger partial charge in [-0.3, -0.25) is 4.79 Å². The van der Waals surface area contributed by atoms with Crippen molar-refractivity contribution in [3.8, 4) is 0 Å². The number of fused-ring (bicyclic) bond motifs is 1. The fourth-order valence-electron chi connectivity index (χ4n) is 2.56. The Hall–Kier alpha value is -2.18. The maximum absolute atomic E-state index is 12.2. The van der Waals surface area contributed by atoms with Crippen molar-refractivity contribution in [3.05, 3.63) is 30.4 Å². The highest BCUT2D eigenvalue weighted by molar-refractivity contribution is 5.80. The van der Waals surface area contributed by atoms with E-state index in [1.165, 1.54) is 6.33 Å². The summed E-state index contributed by atoms with van der Waals surface area (Å²) in [5.74, 6) is 1.08. The Balaban J connectivity index is 1.63. The molecule has 0 fully saturated rings. The van der Waals surface area contributed by atoms with E-state index in [-0.39, 0.29) is 18.0 Å².